The molecule has 0 saturated heterocycles. The SMILES string of the molecule is CCOC(=O)c1ccc(CC23CC4CC(CC(C4)C2)C3)c(N)c1.CCOC(=O)c1ccc(CC23CC4CC(CC(C4)C2)C3)c(NCc2ccccc2)c1.CCOC(=O)c1ccc(CC23CC4CC(CC(C4)C2)C3)c(NCc2ccncc2)c1.CCOC(=O)c1ccc(CC23CC4CC(CC(C4)C2)C3)c(NCc2ccncn2)c1.CCOC(=O)c1ccc(CC23CC4CC(CC(C4)C2)C3)c([N+](=O)[O-])c1. The van der Waals surface area contributed by atoms with Crippen molar-refractivity contribution in [3.05, 3.63) is 247 Å². The summed E-state index contributed by atoms with van der Waals surface area (Å²) in [6.07, 6.45) is 54.2. The second-order valence-electron chi connectivity index (χ2n) is 46.3. The Morgan fingerprint density at radius 2 is 0.587 bits per heavy atom. The van der Waals surface area contributed by atoms with Crippen molar-refractivity contribution in [3.8, 4) is 0 Å². The van der Waals surface area contributed by atoms with E-state index in [-0.39, 0.29) is 52.1 Å². The van der Waals surface area contributed by atoms with E-state index >= 15 is 0 Å². The average molecular weight is 1870 g/mol. The predicted molar refractivity (Wildman–Crippen MR) is 539 cm³/mol. The topological polar surface area (TPSA) is 275 Å². The number of nitrogens with zero attached hydrogens (tertiary/aromatic N) is 4. The minimum Gasteiger partial charge on any atom is -0.462 e. The molecule has 0 spiro atoms. The molecule has 0 atom stereocenters. The number of benzene rings is 6. The Kier molecular flexibility index (Phi) is 29.4. The predicted octanol–water partition coefficient (Wildman–Crippen LogP) is 25.6. The Labute approximate surface area is 817 Å². The molecule has 0 aliphatic heterocycles. The molecule has 20 bridgehead atoms. The average Bonchev–Trinajstić information content (AvgIpc) is 0.762. The van der Waals surface area contributed by atoms with E-state index in [1.165, 1.54) is 232 Å². The lowest BCUT2D eigenvalue weighted by atomic mass is 9.48. The molecule has 20 aliphatic carbocycles. The van der Waals surface area contributed by atoms with Crippen LogP contribution in [0, 0.1) is 126 Å². The van der Waals surface area contributed by atoms with Crippen LogP contribution < -0.4 is 21.7 Å². The smallest absolute Gasteiger partial charge is 0.338 e. The molecule has 20 saturated carbocycles. The van der Waals surface area contributed by atoms with Crippen LogP contribution in [0.1, 0.15) is 324 Å². The van der Waals surface area contributed by atoms with Crippen LogP contribution >= 0.6 is 0 Å². The van der Waals surface area contributed by atoms with Gasteiger partial charge in [-0.1, -0.05) is 60.7 Å². The van der Waals surface area contributed by atoms with Crippen LogP contribution in [0.2, 0.25) is 0 Å². The van der Waals surface area contributed by atoms with Gasteiger partial charge in [-0.3, -0.25) is 15.1 Å². The summed E-state index contributed by atoms with van der Waals surface area (Å²) in [7, 11) is 0. The van der Waals surface area contributed by atoms with Crippen molar-refractivity contribution in [2.75, 3.05) is 54.7 Å². The van der Waals surface area contributed by atoms with Crippen molar-refractivity contribution >= 4 is 58.3 Å². The van der Waals surface area contributed by atoms with E-state index in [1.807, 2.05) is 107 Å². The van der Waals surface area contributed by atoms with Crippen molar-refractivity contribution in [1.82, 2.24) is 15.0 Å². The highest BCUT2D eigenvalue weighted by atomic mass is 16.6. The third-order valence-electron chi connectivity index (χ3n) is 35.6. The highest BCUT2D eigenvalue weighted by molar-refractivity contribution is 5.93. The molecule has 138 heavy (non-hydrogen) atoms. The molecule has 20 heteroatoms. The van der Waals surface area contributed by atoms with Gasteiger partial charge in [0.25, 0.3) is 5.69 Å². The minimum atomic E-state index is -0.494. The Morgan fingerprint density at radius 1 is 0.326 bits per heavy atom. The molecule has 6 aromatic carbocycles. The normalized spacial score (nSPS) is 30.6. The summed E-state index contributed by atoms with van der Waals surface area (Å²) < 4.78 is 25.8. The molecule has 20 aliphatic rings. The van der Waals surface area contributed by atoms with Gasteiger partial charge in [0.05, 0.1) is 78.0 Å². The van der Waals surface area contributed by atoms with E-state index in [4.69, 9.17) is 29.4 Å². The standard InChI is InChI=1S/C27H33NO2.C26H32N2O2.C25H31N3O2.C20H25NO4.C20H27NO2/c1-2-30-26(29)23-8-9-24(25(13-23)28-18-19-6-4-3-5-7-19)17-27-14-20-10-21(15-27)12-22(11-20)16-27;1-2-30-25(29)22-3-4-23(24(12-22)28-17-18-5-7-27-8-6-18)16-26-13-19-9-20(14-26)11-21(10-19)15-26;1-2-30-24(29)20-3-4-21(23(10-20)27-15-22-5-6-26-16-28-22)14-25-11-17-7-18(12-25)9-19(8-17)13-25;1-2-25-19(22)16-3-4-17(18(8-16)21(23)24)12-20-9-13-5-14(10-20)7-15(6-13)11-20;1-2-23-19(22)16-3-4-17(18(21)8-16)12-20-9-13-5-14(10-20)7-15(6-13)11-20/h3-9,13,20-22,28H,2,10-12,14-18H2,1H3;3-8,12,19-21,28H,2,9-11,13-17H2,1H3;3-6,10,16-19,27H,2,7-9,11-15H2,1H3;3-4,8,13-15H,2,5-7,9-12H2,1H3;3-4,8,13-15H,2,5-7,9-12,21H2,1H3. The molecular weight excluding hydrogens is 1720 g/mol. The molecule has 732 valence electrons. The van der Waals surface area contributed by atoms with E-state index in [0.717, 1.165) is 168 Å². The summed E-state index contributed by atoms with van der Waals surface area (Å²) in [6, 6.07) is 45.3. The number of hydrogen-bond donors (Lipinski definition) is 4. The number of nitrogen functional groups attached to an aromatic ring is 1. The first-order valence-electron chi connectivity index (χ1n) is 53.2. The Morgan fingerprint density at radius 3 is 0.877 bits per heavy atom. The number of nitro benzene ring substituents is 1. The van der Waals surface area contributed by atoms with Gasteiger partial charge >= 0.3 is 29.8 Å². The number of nitro groups is 1. The van der Waals surface area contributed by atoms with Gasteiger partial charge in [0.2, 0.25) is 0 Å². The lowest BCUT2D eigenvalue weighted by Gasteiger charge is -2.57. The van der Waals surface area contributed by atoms with Crippen molar-refractivity contribution in [2.45, 2.75) is 279 Å². The highest BCUT2D eigenvalue weighted by Crippen LogP contribution is 2.67. The fourth-order valence-electron chi connectivity index (χ4n) is 32.7. The largest absolute Gasteiger partial charge is 0.462 e. The molecule has 2 heterocycles. The number of hydrogen-bond acceptors (Lipinski definition) is 19. The third kappa shape index (κ3) is 22.7. The van der Waals surface area contributed by atoms with Crippen molar-refractivity contribution in [3.63, 3.8) is 0 Å². The van der Waals surface area contributed by atoms with Crippen molar-refractivity contribution in [1.29, 1.82) is 0 Å². The van der Waals surface area contributed by atoms with Gasteiger partial charge in [0, 0.05) is 66.1 Å². The Bertz CT molecular complexity index is 5100. The van der Waals surface area contributed by atoms with Crippen LogP contribution in [-0.4, -0.2) is 82.8 Å². The number of carbonyl (C=O) groups is 5. The maximum atomic E-state index is 12.3. The number of nitrogens with one attached hydrogen (secondary N) is 3. The number of aromatic nitrogens is 3. The number of nitrogens with two attached hydrogens (primary N) is 1. The summed E-state index contributed by atoms with van der Waals surface area (Å²) in [5.41, 5.74) is 24.5. The number of anilines is 4. The molecule has 5 N–H and O–H groups in total. The summed E-state index contributed by atoms with van der Waals surface area (Å²) in [6.45, 7) is 13.0. The van der Waals surface area contributed by atoms with Crippen molar-refractivity contribution in [2.24, 2.45) is 116 Å². The number of carbonyl (C=O) groups excluding carboxylic acids is 5. The first kappa shape index (κ1) is 96.4. The van der Waals surface area contributed by atoms with Gasteiger partial charge < -0.3 is 45.4 Å². The molecule has 0 radical (unpaired) electrons. The van der Waals surface area contributed by atoms with Crippen LogP contribution in [0.3, 0.4) is 0 Å². The molecule has 0 unspecified atom stereocenters. The van der Waals surface area contributed by atoms with Crippen LogP contribution in [0.25, 0.3) is 0 Å². The maximum Gasteiger partial charge on any atom is 0.338 e. The van der Waals surface area contributed by atoms with Gasteiger partial charge in [-0.2, -0.15) is 0 Å². The molecular formula is C118H148N8O12. The Hall–Kier alpha value is -10.5. The van der Waals surface area contributed by atoms with Gasteiger partial charge in [-0.15, -0.1) is 0 Å². The molecule has 2 aromatic heterocycles. The van der Waals surface area contributed by atoms with Crippen LogP contribution in [0.5, 0.6) is 0 Å². The van der Waals surface area contributed by atoms with Crippen LogP contribution in [0.4, 0.5) is 28.4 Å². The number of ether oxygens (including phenoxy) is 5. The lowest BCUT2D eigenvalue weighted by molar-refractivity contribution is -0.385. The second kappa shape index (κ2) is 42.1. The molecule has 20 fully saturated rings. The van der Waals surface area contributed by atoms with Gasteiger partial charge in [0.1, 0.15) is 6.33 Å². The van der Waals surface area contributed by atoms with E-state index in [9.17, 15) is 34.1 Å². The molecule has 20 nitrogen and oxygen atoms in total. The quantitative estimate of drug-likeness (QED) is 0.0107. The summed E-state index contributed by atoms with van der Waals surface area (Å²) in [5.74, 6) is 12.4. The summed E-state index contributed by atoms with van der Waals surface area (Å²) >= 11 is 0. The van der Waals surface area contributed by atoms with Gasteiger partial charge in [-0.25, -0.2) is 33.9 Å². The van der Waals surface area contributed by atoms with E-state index in [2.05, 4.69) is 79.4 Å². The van der Waals surface area contributed by atoms with Crippen LogP contribution in [-0.2, 0) is 75.4 Å². The van der Waals surface area contributed by atoms with Gasteiger partial charge in [0.15, 0.2) is 0 Å². The zero-order valence-corrected chi connectivity index (χ0v) is 82.4. The fourth-order valence-corrected chi connectivity index (χ4v) is 32.7. The third-order valence-corrected chi connectivity index (χ3v) is 35.6. The first-order valence-corrected chi connectivity index (χ1v) is 53.2. The maximum absolute atomic E-state index is 12.3. The number of rotatable bonds is 30. The Balaban J connectivity index is 0.000000111. The monoisotopic (exact) mass is 1870 g/mol. The van der Waals surface area contributed by atoms with E-state index in [0.29, 0.717) is 76.9 Å². The summed E-state index contributed by atoms with van der Waals surface area (Å²) in [4.78, 5) is 84.4. The first-order chi connectivity index (χ1) is 66.9. The van der Waals surface area contributed by atoms with E-state index < -0.39 is 5.97 Å². The zero-order valence-electron chi connectivity index (χ0n) is 82.4. The molecule has 0 amide bonds. The fraction of sp³-hybridized carbons (Fsp3) is 0.576. The second-order valence-corrected chi connectivity index (χ2v) is 46.3. The molecule has 28 rings (SSSR count). The minimum absolute atomic E-state index is 0.0706. The van der Waals surface area contributed by atoms with Crippen LogP contribution in [0.15, 0.2) is 164 Å². The number of esters is 5. The highest BCUT2D eigenvalue weighted by Gasteiger charge is 2.56. The molecule has 8 aromatic rings. The zero-order chi connectivity index (χ0) is 95.3. The van der Waals surface area contributed by atoms with Gasteiger partial charge in [-0.05, 0) is 481 Å². The van der Waals surface area contributed by atoms with Crippen molar-refractivity contribution < 1.29 is 52.6 Å². The number of pyridine rings is 1. The lowest BCUT2D eigenvalue weighted by Crippen LogP contribution is -2.47. The summed E-state index contributed by atoms with van der Waals surface area (Å²) in [5, 5.41) is 22.4. The van der Waals surface area contributed by atoms with E-state index in [1.54, 1.807) is 37.6 Å².